The minimum atomic E-state index is 0.656. The van der Waals surface area contributed by atoms with Gasteiger partial charge >= 0.3 is 0 Å². The molecule has 0 spiro atoms. The molecule has 1 aromatic carbocycles. The van der Waals surface area contributed by atoms with Crippen molar-refractivity contribution >= 4 is 5.96 Å². The second-order valence-corrected chi connectivity index (χ2v) is 4.65. The minimum absolute atomic E-state index is 0.656. The lowest BCUT2D eigenvalue weighted by molar-refractivity contribution is 0.396. The monoisotopic (exact) mass is 287 g/mol. The minimum Gasteiger partial charge on any atom is -0.496 e. The zero-order valence-electron chi connectivity index (χ0n) is 12.6. The maximum atomic E-state index is 5.38. The average molecular weight is 287 g/mol. The Labute approximate surface area is 124 Å². The van der Waals surface area contributed by atoms with Crippen molar-refractivity contribution in [2.75, 3.05) is 21.2 Å². The summed E-state index contributed by atoms with van der Waals surface area (Å²) in [6, 6.07) is 9.92. The van der Waals surface area contributed by atoms with E-state index in [1.807, 2.05) is 36.2 Å². The number of nitrogens with one attached hydrogen (secondary N) is 2. The second kappa shape index (κ2) is 7.33. The first-order valence-electron chi connectivity index (χ1n) is 6.76. The highest BCUT2D eigenvalue weighted by atomic mass is 16.5. The number of H-pyrrole nitrogens is 1. The number of aliphatic imine (C=N–C) groups is 1. The van der Waals surface area contributed by atoms with Crippen molar-refractivity contribution < 1.29 is 4.74 Å². The van der Waals surface area contributed by atoms with Crippen LogP contribution in [0, 0.1) is 0 Å². The standard InChI is InChI=1S/C15H21N5O/c1-16-15(17-10-13-8-9-18-19-13)20(2)11-12-6-4-5-7-14(12)21-3/h4-9H,10-11H2,1-3H3,(H,16,17)(H,18,19). The summed E-state index contributed by atoms with van der Waals surface area (Å²) in [5.41, 5.74) is 2.13. The summed E-state index contributed by atoms with van der Waals surface area (Å²) in [6.07, 6.45) is 1.73. The molecule has 0 saturated heterocycles. The molecule has 2 aromatic rings. The first kappa shape index (κ1) is 14.9. The Bertz CT molecular complexity index is 580. The van der Waals surface area contributed by atoms with Gasteiger partial charge in [-0.1, -0.05) is 18.2 Å². The summed E-state index contributed by atoms with van der Waals surface area (Å²) in [5, 5.41) is 10.1. The van der Waals surface area contributed by atoms with Gasteiger partial charge in [-0.2, -0.15) is 5.10 Å². The molecule has 0 atom stereocenters. The lowest BCUT2D eigenvalue weighted by atomic mass is 10.2. The number of aromatic amines is 1. The summed E-state index contributed by atoms with van der Waals surface area (Å²) in [4.78, 5) is 6.35. The highest BCUT2D eigenvalue weighted by Crippen LogP contribution is 2.18. The van der Waals surface area contributed by atoms with Gasteiger partial charge < -0.3 is 15.0 Å². The average Bonchev–Trinajstić information content (AvgIpc) is 3.02. The SMILES string of the molecule is CN=C(NCc1ccn[nH]1)N(C)Cc1ccccc1OC. The van der Waals surface area contributed by atoms with Crippen LogP contribution in [0.25, 0.3) is 0 Å². The Balaban J connectivity index is 1.98. The van der Waals surface area contributed by atoms with Crippen LogP contribution in [0.5, 0.6) is 5.75 Å². The molecule has 21 heavy (non-hydrogen) atoms. The summed E-state index contributed by atoms with van der Waals surface area (Å²) >= 11 is 0. The first-order chi connectivity index (χ1) is 10.2. The van der Waals surface area contributed by atoms with Crippen molar-refractivity contribution in [3.8, 4) is 5.75 Å². The van der Waals surface area contributed by atoms with E-state index in [4.69, 9.17) is 4.74 Å². The Hall–Kier alpha value is -2.50. The molecule has 1 heterocycles. The zero-order valence-corrected chi connectivity index (χ0v) is 12.6. The van der Waals surface area contributed by atoms with Crippen LogP contribution in [0.15, 0.2) is 41.5 Å². The number of aromatic nitrogens is 2. The lowest BCUT2D eigenvalue weighted by Gasteiger charge is -2.22. The molecule has 0 aliphatic rings. The van der Waals surface area contributed by atoms with Gasteiger partial charge in [-0.25, -0.2) is 0 Å². The molecular weight excluding hydrogens is 266 g/mol. The third kappa shape index (κ3) is 3.98. The molecule has 1 aromatic heterocycles. The van der Waals surface area contributed by atoms with Crippen molar-refractivity contribution in [3.63, 3.8) is 0 Å². The van der Waals surface area contributed by atoms with E-state index in [1.165, 1.54) is 0 Å². The van der Waals surface area contributed by atoms with Crippen LogP contribution >= 0.6 is 0 Å². The molecule has 6 heteroatoms. The van der Waals surface area contributed by atoms with Crippen molar-refractivity contribution in [1.82, 2.24) is 20.4 Å². The molecule has 0 aliphatic carbocycles. The molecule has 0 radical (unpaired) electrons. The Morgan fingerprint density at radius 2 is 2.19 bits per heavy atom. The third-order valence-corrected chi connectivity index (χ3v) is 3.17. The van der Waals surface area contributed by atoms with E-state index in [2.05, 4.69) is 26.6 Å². The highest BCUT2D eigenvalue weighted by molar-refractivity contribution is 5.79. The number of benzene rings is 1. The van der Waals surface area contributed by atoms with Gasteiger partial charge in [-0.3, -0.25) is 10.1 Å². The molecule has 2 N–H and O–H groups in total. The van der Waals surface area contributed by atoms with E-state index < -0.39 is 0 Å². The number of guanidine groups is 1. The third-order valence-electron chi connectivity index (χ3n) is 3.17. The summed E-state index contributed by atoms with van der Waals surface area (Å²) in [5.74, 6) is 1.70. The van der Waals surface area contributed by atoms with Crippen LogP contribution in [0.2, 0.25) is 0 Å². The van der Waals surface area contributed by atoms with E-state index in [0.717, 1.165) is 23.0 Å². The van der Waals surface area contributed by atoms with Crippen LogP contribution in [0.4, 0.5) is 0 Å². The van der Waals surface area contributed by atoms with Crippen molar-refractivity contribution in [2.24, 2.45) is 4.99 Å². The van der Waals surface area contributed by atoms with Crippen LogP contribution in [-0.4, -0.2) is 42.3 Å². The van der Waals surface area contributed by atoms with Gasteiger partial charge in [0.2, 0.25) is 0 Å². The zero-order chi connectivity index (χ0) is 15.1. The van der Waals surface area contributed by atoms with Crippen LogP contribution in [-0.2, 0) is 13.1 Å². The molecule has 2 rings (SSSR count). The number of para-hydroxylation sites is 1. The van der Waals surface area contributed by atoms with Crippen molar-refractivity contribution in [3.05, 3.63) is 47.8 Å². The topological polar surface area (TPSA) is 65.5 Å². The molecule has 0 fully saturated rings. The predicted molar refractivity (Wildman–Crippen MR) is 83.2 cm³/mol. The van der Waals surface area contributed by atoms with Crippen LogP contribution in [0.1, 0.15) is 11.3 Å². The largest absolute Gasteiger partial charge is 0.496 e. The van der Waals surface area contributed by atoms with Gasteiger partial charge in [0.1, 0.15) is 5.75 Å². The maximum Gasteiger partial charge on any atom is 0.194 e. The smallest absolute Gasteiger partial charge is 0.194 e. The molecular formula is C15H21N5O. The summed E-state index contributed by atoms with van der Waals surface area (Å²) in [7, 11) is 5.45. The molecule has 0 unspecified atom stereocenters. The van der Waals surface area contributed by atoms with Gasteiger partial charge in [-0.15, -0.1) is 0 Å². The fraction of sp³-hybridized carbons (Fsp3) is 0.333. The predicted octanol–water partition coefficient (Wildman–Crippen LogP) is 1.63. The molecule has 0 aliphatic heterocycles. The lowest BCUT2D eigenvalue weighted by Crippen LogP contribution is -2.38. The van der Waals surface area contributed by atoms with E-state index in [0.29, 0.717) is 13.1 Å². The van der Waals surface area contributed by atoms with E-state index >= 15 is 0 Å². The van der Waals surface area contributed by atoms with Crippen LogP contribution < -0.4 is 10.1 Å². The Morgan fingerprint density at radius 1 is 1.38 bits per heavy atom. The van der Waals surface area contributed by atoms with E-state index in [9.17, 15) is 0 Å². The van der Waals surface area contributed by atoms with Gasteiger partial charge in [0.15, 0.2) is 5.96 Å². The fourth-order valence-corrected chi connectivity index (χ4v) is 2.11. The van der Waals surface area contributed by atoms with E-state index in [-0.39, 0.29) is 0 Å². The van der Waals surface area contributed by atoms with Gasteiger partial charge in [0, 0.05) is 32.4 Å². The summed E-state index contributed by atoms with van der Waals surface area (Å²) in [6.45, 7) is 1.37. The molecule has 6 nitrogen and oxygen atoms in total. The Kier molecular flexibility index (Phi) is 5.20. The highest BCUT2D eigenvalue weighted by Gasteiger charge is 2.09. The summed E-state index contributed by atoms with van der Waals surface area (Å²) < 4.78 is 5.38. The molecule has 0 saturated carbocycles. The van der Waals surface area contributed by atoms with Gasteiger partial charge in [-0.05, 0) is 12.1 Å². The fourth-order valence-electron chi connectivity index (χ4n) is 2.11. The molecule has 0 amide bonds. The van der Waals surface area contributed by atoms with Gasteiger partial charge in [0.05, 0.1) is 19.3 Å². The van der Waals surface area contributed by atoms with E-state index in [1.54, 1.807) is 20.4 Å². The second-order valence-electron chi connectivity index (χ2n) is 4.65. The Morgan fingerprint density at radius 3 is 2.86 bits per heavy atom. The normalized spacial score (nSPS) is 11.3. The number of hydrogen-bond acceptors (Lipinski definition) is 3. The van der Waals surface area contributed by atoms with Gasteiger partial charge in [0.25, 0.3) is 0 Å². The number of methoxy groups -OCH3 is 1. The first-order valence-corrected chi connectivity index (χ1v) is 6.76. The van der Waals surface area contributed by atoms with Crippen LogP contribution in [0.3, 0.4) is 0 Å². The molecule has 0 bridgehead atoms. The van der Waals surface area contributed by atoms with Crippen molar-refractivity contribution in [1.29, 1.82) is 0 Å². The van der Waals surface area contributed by atoms with Crippen molar-refractivity contribution in [2.45, 2.75) is 13.1 Å². The maximum absolute atomic E-state index is 5.38. The number of hydrogen-bond donors (Lipinski definition) is 2. The quantitative estimate of drug-likeness (QED) is 0.648. The molecule has 112 valence electrons. The number of nitrogens with zero attached hydrogens (tertiary/aromatic N) is 3. The number of rotatable bonds is 5. The number of ether oxygens (including phenoxy) is 1.